The van der Waals surface area contributed by atoms with Crippen LogP contribution in [-0.4, -0.2) is 68.2 Å². The van der Waals surface area contributed by atoms with Crippen LogP contribution in [0.25, 0.3) is 0 Å². The van der Waals surface area contributed by atoms with Gasteiger partial charge in [-0.25, -0.2) is 4.79 Å². The summed E-state index contributed by atoms with van der Waals surface area (Å²) in [6.07, 6.45) is 0.264. The first-order chi connectivity index (χ1) is 8.17. The molecule has 6 heteroatoms. The number of nitrogens with zero attached hydrogens (tertiary/aromatic N) is 2. The Bertz CT molecular complexity index is 260. The molecule has 0 atom stereocenters. The molecule has 1 aliphatic heterocycles. The van der Waals surface area contributed by atoms with E-state index in [-0.39, 0.29) is 12.0 Å². The highest BCUT2D eigenvalue weighted by Crippen LogP contribution is 2.02. The van der Waals surface area contributed by atoms with Crippen LogP contribution >= 0.6 is 0 Å². The van der Waals surface area contributed by atoms with Gasteiger partial charge in [0.15, 0.2) is 0 Å². The van der Waals surface area contributed by atoms with Crippen LogP contribution in [-0.2, 0) is 9.53 Å². The van der Waals surface area contributed by atoms with Gasteiger partial charge in [0.25, 0.3) is 0 Å². The number of nitrogens with one attached hydrogen (secondary N) is 1. The molecule has 1 fully saturated rings. The first kappa shape index (κ1) is 13.8. The zero-order valence-electron chi connectivity index (χ0n) is 10.6. The third-order valence-corrected chi connectivity index (χ3v) is 2.88. The predicted octanol–water partition coefficient (Wildman–Crippen LogP) is -0.103. The largest absolute Gasteiger partial charge is 0.453 e. The maximum absolute atomic E-state index is 11.2. The summed E-state index contributed by atoms with van der Waals surface area (Å²) in [5, 5.41) is 2.84. The van der Waals surface area contributed by atoms with Crippen molar-refractivity contribution in [2.75, 3.05) is 46.4 Å². The van der Waals surface area contributed by atoms with Gasteiger partial charge in [-0.2, -0.15) is 0 Å². The van der Waals surface area contributed by atoms with Crippen molar-refractivity contribution in [1.82, 2.24) is 15.1 Å². The minimum atomic E-state index is -0.260. The van der Waals surface area contributed by atoms with Gasteiger partial charge < -0.3 is 15.0 Å². The fourth-order valence-electron chi connectivity index (χ4n) is 1.76. The van der Waals surface area contributed by atoms with Crippen molar-refractivity contribution in [2.24, 2.45) is 0 Å². The first-order valence-corrected chi connectivity index (χ1v) is 5.99. The molecule has 1 aliphatic rings. The Morgan fingerprint density at radius 1 is 1.24 bits per heavy atom. The van der Waals surface area contributed by atoms with Crippen molar-refractivity contribution < 1.29 is 14.3 Å². The maximum atomic E-state index is 11.2. The molecule has 17 heavy (non-hydrogen) atoms. The van der Waals surface area contributed by atoms with E-state index >= 15 is 0 Å². The number of carbonyl (C=O) groups excluding carboxylic acids is 2. The average molecular weight is 243 g/mol. The van der Waals surface area contributed by atoms with Crippen LogP contribution in [0, 0.1) is 0 Å². The molecule has 0 aromatic rings. The lowest BCUT2D eigenvalue weighted by atomic mass is 10.3. The summed E-state index contributed by atoms with van der Waals surface area (Å²) < 4.78 is 4.66. The Balaban J connectivity index is 2.15. The number of carbonyl (C=O) groups is 2. The number of amides is 2. The molecule has 0 unspecified atom stereocenters. The highest BCUT2D eigenvalue weighted by molar-refractivity contribution is 5.75. The van der Waals surface area contributed by atoms with Gasteiger partial charge in [0.05, 0.1) is 7.11 Å². The number of hydrogen-bond acceptors (Lipinski definition) is 4. The minimum Gasteiger partial charge on any atom is -0.453 e. The van der Waals surface area contributed by atoms with Gasteiger partial charge in [-0.05, 0) is 0 Å². The summed E-state index contributed by atoms with van der Waals surface area (Å²) >= 11 is 0. The molecule has 2 amide bonds. The third-order valence-electron chi connectivity index (χ3n) is 2.88. The van der Waals surface area contributed by atoms with Crippen LogP contribution in [0.4, 0.5) is 4.79 Å². The number of piperazine rings is 1. The van der Waals surface area contributed by atoms with Gasteiger partial charge in [0.2, 0.25) is 5.91 Å². The van der Waals surface area contributed by atoms with E-state index in [0.717, 1.165) is 19.6 Å². The summed E-state index contributed by atoms with van der Waals surface area (Å²) in [5.41, 5.74) is 0. The summed E-state index contributed by atoms with van der Waals surface area (Å²) in [6, 6.07) is 0. The quantitative estimate of drug-likeness (QED) is 0.749. The number of methoxy groups -OCH3 is 1. The van der Waals surface area contributed by atoms with Crippen molar-refractivity contribution in [2.45, 2.75) is 13.3 Å². The van der Waals surface area contributed by atoms with Crippen molar-refractivity contribution in [1.29, 1.82) is 0 Å². The first-order valence-electron chi connectivity index (χ1n) is 5.99. The van der Waals surface area contributed by atoms with Gasteiger partial charge in [0.1, 0.15) is 0 Å². The van der Waals surface area contributed by atoms with Gasteiger partial charge in [0, 0.05) is 45.7 Å². The predicted molar refractivity (Wildman–Crippen MR) is 63.7 cm³/mol. The number of hydrogen-bond donors (Lipinski definition) is 1. The summed E-state index contributed by atoms with van der Waals surface area (Å²) in [4.78, 5) is 26.2. The van der Waals surface area contributed by atoms with Crippen LogP contribution in [0.2, 0.25) is 0 Å². The van der Waals surface area contributed by atoms with E-state index in [1.807, 2.05) is 6.92 Å². The van der Waals surface area contributed by atoms with Gasteiger partial charge in [-0.1, -0.05) is 6.92 Å². The molecule has 0 bridgehead atoms. The van der Waals surface area contributed by atoms with Gasteiger partial charge in [-0.3, -0.25) is 9.69 Å². The molecule has 1 rings (SSSR count). The molecule has 6 nitrogen and oxygen atoms in total. The molecule has 0 spiro atoms. The monoisotopic (exact) mass is 243 g/mol. The van der Waals surface area contributed by atoms with Crippen LogP contribution in [0.3, 0.4) is 0 Å². The molecule has 0 saturated carbocycles. The standard InChI is InChI=1S/C11H21N3O3/c1-3-10(15)12-4-5-13-6-8-14(9-7-13)11(16)17-2/h3-9H2,1-2H3,(H,12,15). The van der Waals surface area contributed by atoms with Gasteiger partial charge in [-0.15, -0.1) is 0 Å². The Morgan fingerprint density at radius 2 is 1.88 bits per heavy atom. The fourth-order valence-corrected chi connectivity index (χ4v) is 1.76. The highest BCUT2D eigenvalue weighted by Gasteiger charge is 2.20. The van der Waals surface area contributed by atoms with E-state index in [9.17, 15) is 9.59 Å². The second kappa shape index (κ2) is 7.11. The van der Waals surface area contributed by atoms with Crippen LogP contribution in [0.15, 0.2) is 0 Å². The van der Waals surface area contributed by atoms with E-state index in [4.69, 9.17) is 0 Å². The van der Waals surface area contributed by atoms with E-state index < -0.39 is 0 Å². The summed E-state index contributed by atoms with van der Waals surface area (Å²) in [7, 11) is 1.40. The lowest BCUT2D eigenvalue weighted by Crippen LogP contribution is -2.50. The number of rotatable bonds is 4. The van der Waals surface area contributed by atoms with Crippen molar-refractivity contribution in [3.8, 4) is 0 Å². The zero-order valence-corrected chi connectivity index (χ0v) is 10.6. The lowest BCUT2D eigenvalue weighted by molar-refractivity contribution is -0.120. The summed E-state index contributed by atoms with van der Waals surface area (Å²) in [5.74, 6) is 0.0817. The Morgan fingerprint density at radius 3 is 2.41 bits per heavy atom. The molecule has 0 aromatic carbocycles. The molecular formula is C11H21N3O3. The SMILES string of the molecule is CCC(=O)NCCN1CCN(C(=O)OC)CC1. The zero-order chi connectivity index (χ0) is 12.7. The Labute approximate surface area is 102 Å². The smallest absolute Gasteiger partial charge is 0.409 e. The van der Waals surface area contributed by atoms with Gasteiger partial charge >= 0.3 is 6.09 Å². The van der Waals surface area contributed by atoms with Crippen molar-refractivity contribution in [3.05, 3.63) is 0 Å². The Hall–Kier alpha value is -1.30. The Kier molecular flexibility index (Phi) is 5.76. The average Bonchev–Trinajstić information content (AvgIpc) is 2.38. The van der Waals surface area contributed by atoms with E-state index in [1.165, 1.54) is 7.11 Å². The second-order valence-electron chi connectivity index (χ2n) is 4.00. The molecule has 0 radical (unpaired) electrons. The second-order valence-corrected chi connectivity index (χ2v) is 4.00. The van der Waals surface area contributed by atoms with Crippen molar-refractivity contribution >= 4 is 12.0 Å². The van der Waals surface area contributed by atoms with E-state index in [1.54, 1.807) is 4.90 Å². The minimum absolute atomic E-state index is 0.0817. The van der Waals surface area contributed by atoms with E-state index in [2.05, 4.69) is 15.0 Å². The molecule has 0 aliphatic carbocycles. The normalized spacial score (nSPS) is 16.7. The molecular weight excluding hydrogens is 222 g/mol. The topological polar surface area (TPSA) is 61.9 Å². The summed E-state index contributed by atoms with van der Waals surface area (Å²) in [6.45, 7) is 6.38. The number of ether oxygens (including phenoxy) is 1. The molecule has 98 valence electrons. The van der Waals surface area contributed by atoms with Crippen LogP contribution in [0.1, 0.15) is 13.3 Å². The third kappa shape index (κ3) is 4.60. The fraction of sp³-hybridized carbons (Fsp3) is 0.818. The van der Waals surface area contributed by atoms with Crippen molar-refractivity contribution in [3.63, 3.8) is 0 Å². The van der Waals surface area contributed by atoms with E-state index in [0.29, 0.717) is 26.1 Å². The maximum Gasteiger partial charge on any atom is 0.409 e. The van der Waals surface area contributed by atoms with Crippen LogP contribution in [0.5, 0.6) is 0 Å². The highest BCUT2D eigenvalue weighted by atomic mass is 16.5. The molecule has 1 heterocycles. The molecule has 1 N–H and O–H groups in total. The molecule has 1 saturated heterocycles. The lowest BCUT2D eigenvalue weighted by Gasteiger charge is -2.33. The van der Waals surface area contributed by atoms with Crippen LogP contribution < -0.4 is 5.32 Å². The molecule has 0 aromatic heterocycles.